The van der Waals surface area contributed by atoms with Crippen LogP contribution >= 0.6 is 0 Å². The van der Waals surface area contributed by atoms with Gasteiger partial charge in [0.2, 0.25) is 11.8 Å². The molecule has 1 amide bonds. The molecule has 1 saturated carbocycles. The number of hydrogen-bond donors (Lipinski definition) is 1. The predicted octanol–water partition coefficient (Wildman–Crippen LogP) is 3.18. The molecule has 0 bridgehead atoms. The van der Waals surface area contributed by atoms with Gasteiger partial charge in [0, 0.05) is 5.56 Å². The number of nitrogens with one attached hydrogen (secondary N) is 1. The van der Waals surface area contributed by atoms with Crippen LogP contribution in [0.4, 0.5) is 0 Å². The van der Waals surface area contributed by atoms with E-state index in [2.05, 4.69) is 10.3 Å². The van der Waals surface area contributed by atoms with Crippen LogP contribution in [0.5, 0.6) is 0 Å². The molecule has 6 heteroatoms. The van der Waals surface area contributed by atoms with E-state index in [0.717, 1.165) is 24.8 Å². The van der Waals surface area contributed by atoms with Gasteiger partial charge in [-0.15, -0.1) is 0 Å². The molecule has 3 rings (SSSR count). The van der Waals surface area contributed by atoms with Crippen molar-refractivity contribution in [2.75, 3.05) is 7.11 Å². The fourth-order valence-corrected chi connectivity index (χ4v) is 3.49. The van der Waals surface area contributed by atoms with E-state index in [0.29, 0.717) is 30.2 Å². The number of benzene rings is 1. The average molecular weight is 356 g/mol. The second kappa shape index (κ2) is 7.72. The highest BCUT2D eigenvalue weighted by atomic mass is 16.5. The minimum absolute atomic E-state index is 0.0703. The summed E-state index contributed by atoms with van der Waals surface area (Å²) in [5, 5.41) is 2.91. The van der Waals surface area contributed by atoms with Crippen molar-refractivity contribution in [1.29, 1.82) is 0 Å². The first-order valence-electron chi connectivity index (χ1n) is 8.95. The Labute approximate surface area is 152 Å². The van der Waals surface area contributed by atoms with E-state index in [9.17, 15) is 9.59 Å². The highest BCUT2D eigenvalue weighted by molar-refractivity contribution is 5.89. The molecule has 1 heterocycles. The van der Waals surface area contributed by atoms with Crippen molar-refractivity contribution in [2.45, 2.75) is 51.0 Å². The highest BCUT2D eigenvalue weighted by Gasteiger charge is 2.42. The van der Waals surface area contributed by atoms with E-state index in [4.69, 9.17) is 9.15 Å². The predicted molar refractivity (Wildman–Crippen MR) is 96.4 cm³/mol. The zero-order chi connectivity index (χ0) is 18.6. The molecule has 1 aromatic carbocycles. The first-order chi connectivity index (χ1) is 12.5. The molecule has 1 aliphatic rings. The number of aromatic nitrogens is 1. The Morgan fingerprint density at radius 1 is 1.19 bits per heavy atom. The number of aryl methyl sites for hydroxylation is 1. The Kier molecular flexibility index (Phi) is 5.40. The van der Waals surface area contributed by atoms with Gasteiger partial charge in [-0.25, -0.2) is 9.78 Å². The first-order valence-corrected chi connectivity index (χ1v) is 8.95. The molecule has 0 unspecified atom stereocenters. The Morgan fingerprint density at radius 3 is 2.54 bits per heavy atom. The maximum Gasteiger partial charge on any atom is 0.331 e. The van der Waals surface area contributed by atoms with Gasteiger partial charge in [0.15, 0.2) is 0 Å². The number of hydrogen-bond acceptors (Lipinski definition) is 5. The number of rotatable bonds is 5. The summed E-state index contributed by atoms with van der Waals surface area (Å²) >= 11 is 0. The summed E-state index contributed by atoms with van der Waals surface area (Å²) in [4.78, 5) is 29.3. The molecular formula is C20H24N2O4. The average Bonchev–Trinajstić information content (AvgIpc) is 3.02. The smallest absolute Gasteiger partial charge is 0.331 e. The molecule has 2 aromatic rings. The molecular weight excluding hydrogens is 332 g/mol. The molecule has 1 fully saturated rings. The van der Waals surface area contributed by atoms with Crippen molar-refractivity contribution in [3.8, 4) is 11.5 Å². The Balaban J connectivity index is 1.73. The standard InChI is InChI=1S/C20H24N2O4/c1-14-16(21-18(26-14)15-9-5-3-6-10-15)13-17(23)22-20(19(24)25-2)11-7-4-8-12-20/h3,5-6,9-10H,4,7-8,11-13H2,1-2H3,(H,22,23). The third-order valence-corrected chi connectivity index (χ3v) is 4.90. The van der Waals surface area contributed by atoms with Gasteiger partial charge < -0.3 is 14.5 Å². The van der Waals surface area contributed by atoms with Crippen LogP contribution in [-0.2, 0) is 20.7 Å². The van der Waals surface area contributed by atoms with E-state index < -0.39 is 5.54 Å². The van der Waals surface area contributed by atoms with Crippen molar-refractivity contribution in [2.24, 2.45) is 0 Å². The normalized spacial score (nSPS) is 16.1. The van der Waals surface area contributed by atoms with E-state index in [-0.39, 0.29) is 18.3 Å². The van der Waals surface area contributed by atoms with Crippen LogP contribution < -0.4 is 5.32 Å². The largest absolute Gasteiger partial charge is 0.467 e. The quantitative estimate of drug-likeness (QED) is 0.832. The lowest BCUT2D eigenvalue weighted by Crippen LogP contribution is -2.56. The zero-order valence-corrected chi connectivity index (χ0v) is 15.2. The zero-order valence-electron chi connectivity index (χ0n) is 15.2. The fraction of sp³-hybridized carbons (Fsp3) is 0.450. The van der Waals surface area contributed by atoms with E-state index >= 15 is 0 Å². The van der Waals surface area contributed by atoms with E-state index in [1.807, 2.05) is 30.3 Å². The summed E-state index contributed by atoms with van der Waals surface area (Å²) in [6.07, 6.45) is 4.16. The van der Waals surface area contributed by atoms with Crippen LogP contribution in [0.1, 0.15) is 43.6 Å². The summed E-state index contributed by atoms with van der Waals surface area (Å²) in [5.74, 6) is 0.488. The lowest BCUT2D eigenvalue weighted by Gasteiger charge is -2.35. The number of nitrogens with zero attached hydrogens (tertiary/aromatic N) is 1. The highest BCUT2D eigenvalue weighted by Crippen LogP contribution is 2.30. The molecule has 1 aromatic heterocycles. The monoisotopic (exact) mass is 356 g/mol. The van der Waals surface area contributed by atoms with Gasteiger partial charge in [0.05, 0.1) is 19.2 Å². The van der Waals surface area contributed by atoms with Gasteiger partial charge in [-0.3, -0.25) is 4.79 Å². The third-order valence-electron chi connectivity index (χ3n) is 4.90. The van der Waals surface area contributed by atoms with Gasteiger partial charge in [0.25, 0.3) is 0 Å². The summed E-state index contributed by atoms with van der Waals surface area (Å²) in [6, 6.07) is 9.55. The number of esters is 1. The minimum Gasteiger partial charge on any atom is -0.467 e. The van der Waals surface area contributed by atoms with Crippen LogP contribution in [0.25, 0.3) is 11.5 Å². The second-order valence-corrected chi connectivity index (χ2v) is 6.75. The molecule has 0 atom stereocenters. The van der Waals surface area contributed by atoms with Crippen molar-refractivity contribution in [1.82, 2.24) is 10.3 Å². The minimum atomic E-state index is -0.913. The summed E-state index contributed by atoms with van der Waals surface area (Å²) in [6.45, 7) is 1.79. The van der Waals surface area contributed by atoms with Gasteiger partial charge in [-0.1, -0.05) is 37.5 Å². The number of oxazole rings is 1. The number of carbonyl (C=O) groups is 2. The molecule has 26 heavy (non-hydrogen) atoms. The molecule has 6 nitrogen and oxygen atoms in total. The Morgan fingerprint density at radius 2 is 1.88 bits per heavy atom. The molecule has 138 valence electrons. The number of ether oxygens (including phenoxy) is 1. The van der Waals surface area contributed by atoms with Crippen LogP contribution in [0.3, 0.4) is 0 Å². The van der Waals surface area contributed by atoms with Crippen LogP contribution in [-0.4, -0.2) is 29.5 Å². The molecule has 0 saturated heterocycles. The summed E-state index contributed by atoms with van der Waals surface area (Å²) in [7, 11) is 1.36. The lowest BCUT2D eigenvalue weighted by atomic mass is 9.81. The molecule has 0 aliphatic heterocycles. The summed E-state index contributed by atoms with van der Waals surface area (Å²) < 4.78 is 10.6. The van der Waals surface area contributed by atoms with Gasteiger partial charge in [-0.2, -0.15) is 0 Å². The second-order valence-electron chi connectivity index (χ2n) is 6.75. The SMILES string of the molecule is COC(=O)C1(NC(=O)Cc2nc(-c3ccccc3)oc2C)CCCCC1. The van der Waals surface area contributed by atoms with Gasteiger partial charge in [-0.05, 0) is 31.9 Å². The van der Waals surface area contributed by atoms with Crippen molar-refractivity contribution in [3.63, 3.8) is 0 Å². The number of methoxy groups -OCH3 is 1. The lowest BCUT2D eigenvalue weighted by molar-refractivity contribution is -0.152. The number of carbonyl (C=O) groups excluding carboxylic acids is 2. The third kappa shape index (κ3) is 3.79. The van der Waals surface area contributed by atoms with Crippen molar-refractivity contribution >= 4 is 11.9 Å². The fourth-order valence-electron chi connectivity index (χ4n) is 3.49. The first kappa shape index (κ1) is 18.2. The van der Waals surface area contributed by atoms with Crippen LogP contribution in [0.15, 0.2) is 34.7 Å². The van der Waals surface area contributed by atoms with Crippen LogP contribution in [0.2, 0.25) is 0 Å². The maximum absolute atomic E-state index is 12.6. The van der Waals surface area contributed by atoms with Gasteiger partial charge in [0.1, 0.15) is 11.3 Å². The molecule has 0 spiro atoms. The summed E-state index contributed by atoms with van der Waals surface area (Å²) in [5.41, 5.74) is 0.530. The van der Waals surface area contributed by atoms with E-state index in [1.165, 1.54) is 7.11 Å². The maximum atomic E-state index is 12.6. The van der Waals surface area contributed by atoms with Crippen molar-refractivity contribution < 1.29 is 18.7 Å². The van der Waals surface area contributed by atoms with Crippen molar-refractivity contribution in [3.05, 3.63) is 41.8 Å². The molecule has 0 radical (unpaired) electrons. The Hall–Kier alpha value is -2.63. The molecule has 1 N–H and O–H groups in total. The molecule has 1 aliphatic carbocycles. The van der Waals surface area contributed by atoms with E-state index in [1.54, 1.807) is 6.92 Å². The number of amides is 1. The van der Waals surface area contributed by atoms with Gasteiger partial charge >= 0.3 is 5.97 Å². The van der Waals surface area contributed by atoms with Crippen LogP contribution in [0, 0.1) is 6.92 Å². The topological polar surface area (TPSA) is 81.4 Å². The Bertz CT molecular complexity index is 776.